The number of nitrogens with two attached hydrogens (primary N) is 1. The van der Waals surface area contributed by atoms with Crippen LogP contribution in [0, 0.1) is 5.82 Å². The number of benzene rings is 3. The van der Waals surface area contributed by atoms with Gasteiger partial charge in [0.25, 0.3) is 0 Å². The van der Waals surface area contributed by atoms with E-state index in [0.717, 1.165) is 50.4 Å². The summed E-state index contributed by atoms with van der Waals surface area (Å²) in [7, 11) is 1.96. The van der Waals surface area contributed by atoms with Crippen molar-refractivity contribution in [3.63, 3.8) is 0 Å². The van der Waals surface area contributed by atoms with E-state index >= 15 is 0 Å². The Hall–Kier alpha value is -4.00. The number of aryl methyl sites for hydroxylation is 1. The maximum Gasteiger partial charge on any atom is 0.140 e. The first kappa shape index (κ1) is 19.9. The summed E-state index contributed by atoms with van der Waals surface area (Å²) in [6.45, 7) is 3.99. The van der Waals surface area contributed by atoms with Gasteiger partial charge < -0.3 is 15.3 Å². The molecular formula is C25H23FN6. The largest absolute Gasteiger partial charge is 0.383 e. The topological polar surface area (TPSA) is 84.9 Å². The van der Waals surface area contributed by atoms with Crippen molar-refractivity contribution in [2.45, 2.75) is 19.9 Å². The maximum absolute atomic E-state index is 13.3. The van der Waals surface area contributed by atoms with Crippen LogP contribution in [0.3, 0.4) is 0 Å². The van der Waals surface area contributed by atoms with Gasteiger partial charge in [-0.1, -0.05) is 0 Å². The monoisotopic (exact) mass is 426 g/mol. The highest BCUT2D eigenvalue weighted by atomic mass is 19.1. The van der Waals surface area contributed by atoms with Crippen LogP contribution in [-0.4, -0.2) is 31.4 Å². The van der Waals surface area contributed by atoms with Crippen molar-refractivity contribution >= 4 is 27.9 Å². The fraction of sp³-hybridized carbons (Fsp3) is 0.160. The van der Waals surface area contributed by atoms with E-state index in [-0.39, 0.29) is 11.9 Å². The number of imidazole rings is 2. The standard InChI is InChI=1S/C25H23FN6/c1-14(2)28-23(27)16-6-10-19-20(12-16)30-24(29-19)17-7-11-22-21(13-17)31-25(32(22)3)15-4-8-18(26)9-5-15/h4-14H,1-3H3,(H2,27,28)(H,29,30). The molecule has 5 aromatic rings. The zero-order chi connectivity index (χ0) is 22.4. The number of nitrogens with zero attached hydrogens (tertiary/aromatic N) is 4. The molecule has 2 heterocycles. The highest BCUT2D eigenvalue weighted by Gasteiger charge is 2.13. The number of aliphatic imine (C=N–C) groups is 1. The van der Waals surface area contributed by atoms with E-state index in [1.54, 1.807) is 12.1 Å². The SMILES string of the molecule is CC(C)N=C(N)c1ccc2nc(-c3ccc4c(c3)nc(-c3ccc(F)cc3)n4C)[nH]c2c1. The molecule has 160 valence electrons. The molecule has 0 bridgehead atoms. The second-order valence-corrected chi connectivity index (χ2v) is 8.13. The minimum Gasteiger partial charge on any atom is -0.383 e. The smallest absolute Gasteiger partial charge is 0.140 e. The third-order valence-corrected chi connectivity index (χ3v) is 5.43. The fourth-order valence-corrected chi connectivity index (χ4v) is 3.86. The number of rotatable bonds is 4. The average Bonchev–Trinajstić information content (AvgIpc) is 3.34. The number of hydrogen-bond acceptors (Lipinski definition) is 3. The second kappa shape index (κ2) is 7.60. The lowest BCUT2D eigenvalue weighted by atomic mass is 10.2. The second-order valence-electron chi connectivity index (χ2n) is 8.13. The number of fused-ring (bicyclic) bond motifs is 2. The van der Waals surface area contributed by atoms with Gasteiger partial charge in [-0.25, -0.2) is 14.4 Å². The van der Waals surface area contributed by atoms with Gasteiger partial charge in [0.1, 0.15) is 23.3 Å². The molecule has 3 aromatic carbocycles. The van der Waals surface area contributed by atoms with Crippen molar-refractivity contribution in [3.05, 3.63) is 72.0 Å². The Morgan fingerprint density at radius 2 is 1.72 bits per heavy atom. The summed E-state index contributed by atoms with van der Waals surface area (Å²) < 4.78 is 15.3. The molecule has 3 N–H and O–H groups in total. The van der Waals surface area contributed by atoms with Crippen LogP contribution in [0.25, 0.3) is 44.8 Å². The zero-order valence-electron chi connectivity index (χ0n) is 18.1. The van der Waals surface area contributed by atoms with Crippen molar-refractivity contribution in [1.82, 2.24) is 19.5 Å². The number of hydrogen-bond donors (Lipinski definition) is 2. The summed E-state index contributed by atoms with van der Waals surface area (Å²) in [4.78, 5) is 17.3. The molecule has 0 amide bonds. The van der Waals surface area contributed by atoms with Gasteiger partial charge in [0, 0.05) is 29.8 Å². The molecule has 0 radical (unpaired) electrons. The molecule has 0 saturated heterocycles. The molecule has 0 unspecified atom stereocenters. The lowest BCUT2D eigenvalue weighted by Gasteiger charge is -2.03. The van der Waals surface area contributed by atoms with Gasteiger partial charge in [-0.2, -0.15) is 0 Å². The third kappa shape index (κ3) is 3.51. The van der Waals surface area contributed by atoms with Crippen molar-refractivity contribution in [1.29, 1.82) is 0 Å². The van der Waals surface area contributed by atoms with Gasteiger partial charge in [0.2, 0.25) is 0 Å². The number of aromatic nitrogens is 4. The van der Waals surface area contributed by atoms with E-state index in [4.69, 9.17) is 15.7 Å². The molecule has 0 atom stereocenters. The summed E-state index contributed by atoms with van der Waals surface area (Å²) >= 11 is 0. The van der Waals surface area contributed by atoms with Gasteiger partial charge in [-0.05, 0) is 74.5 Å². The van der Waals surface area contributed by atoms with Crippen molar-refractivity contribution in [2.75, 3.05) is 0 Å². The number of H-pyrrole nitrogens is 1. The number of halogens is 1. The Balaban J connectivity index is 1.55. The van der Waals surface area contributed by atoms with E-state index in [0.29, 0.717) is 5.84 Å². The maximum atomic E-state index is 13.3. The van der Waals surface area contributed by atoms with Gasteiger partial charge in [-0.15, -0.1) is 0 Å². The lowest BCUT2D eigenvalue weighted by Crippen LogP contribution is -2.15. The first-order valence-corrected chi connectivity index (χ1v) is 10.5. The van der Waals surface area contributed by atoms with Crippen LogP contribution in [0.15, 0.2) is 65.7 Å². The quantitative estimate of drug-likeness (QED) is 0.312. The van der Waals surface area contributed by atoms with Crippen LogP contribution in [0.4, 0.5) is 4.39 Å². The molecule has 6 nitrogen and oxygen atoms in total. The number of nitrogens with one attached hydrogen (secondary N) is 1. The lowest BCUT2D eigenvalue weighted by molar-refractivity contribution is 0.628. The minimum atomic E-state index is -0.264. The van der Waals surface area contributed by atoms with Crippen LogP contribution in [0.1, 0.15) is 19.4 Å². The summed E-state index contributed by atoms with van der Waals surface area (Å²) in [6, 6.07) is 18.4. The molecule has 0 aliphatic carbocycles. The van der Waals surface area contributed by atoms with E-state index in [1.165, 1.54) is 12.1 Å². The predicted molar refractivity (Wildman–Crippen MR) is 127 cm³/mol. The number of aromatic amines is 1. The average molecular weight is 426 g/mol. The van der Waals surface area contributed by atoms with E-state index in [1.807, 2.05) is 61.9 Å². The molecule has 0 spiro atoms. The molecule has 5 rings (SSSR count). The summed E-state index contributed by atoms with van der Waals surface area (Å²) in [5.74, 6) is 1.79. The van der Waals surface area contributed by atoms with Gasteiger partial charge in [-0.3, -0.25) is 4.99 Å². The molecular weight excluding hydrogens is 403 g/mol. The van der Waals surface area contributed by atoms with Gasteiger partial charge >= 0.3 is 0 Å². The fourth-order valence-electron chi connectivity index (χ4n) is 3.86. The Kier molecular flexibility index (Phi) is 4.74. The summed E-state index contributed by atoms with van der Waals surface area (Å²) in [6.07, 6.45) is 0. The molecule has 0 fully saturated rings. The third-order valence-electron chi connectivity index (χ3n) is 5.43. The van der Waals surface area contributed by atoms with E-state index in [2.05, 4.69) is 9.98 Å². The van der Waals surface area contributed by atoms with E-state index < -0.39 is 0 Å². The normalized spacial score (nSPS) is 12.3. The van der Waals surface area contributed by atoms with Crippen LogP contribution in [0.5, 0.6) is 0 Å². The molecule has 0 aliphatic rings. The van der Waals surface area contributed by atoms with Crippen molar-refractivity contribution in [2.24, 2.45) is 17.8 Å². The molecule has 0 aliphatic heterocycles. The van der Waals surface area contributed by atoms with Crippen LogP contribution in [-0.2, 0) is 7.05 Å². The summed E-state index contributed by atoms with van der Waals surface area (Å²) in [5, 5.41) is 0. The Bertz CT molecular complexity index is 1470. The van der Waals surface area contributed by atoms with Crippen LogP contribution >= 0.6 is 0 Å². The molecule has 32 heavy (non-hydrogen) atoms. The molecule has 2 aromatic heterocycles. The van der Waals surface area contributed by atoms with Crippen molar-refractivity contribution < 1.29 is 4.39 Å². The Morgan fingerprint density at radius 3 is 2.47 bits per heavy atom. The highest BCUT2D eigenvalue weighted by molar-refractivity contribution is 6.00. The van der Waals surface area contributed by atoms with Gasteiger partial charge in [0.05, 0.1) is 22.1 Å². The molecule has 7 heteroatoms. The first-order chi connectivity index (χ1) is 15.4. The number of amidine groups is 1. The Labute approximate surface area is 184 Å². The molecule has 0 saturated carbocycles. The minimum absolute atomic E-state index is 0.132. The Morgan fingerprint density at radius 1 is 0.969 bits per heavy atom. The zero-order valence-corrected chi connectivity index (χ0v) is 18.1. The van der Waals surface area contributed by atoms with Gasteiger partial charge in [0.15, 0.2) is 0 Å². The van der Waals surface area contributed by atoms with Crippen molar-refractivity contribution in [3.8, 4) is 22.8 Å². The van der Waals surface area contributed by atoms with Crippen LogP contribution < -0.4 is 5.73 Å². The van der Waals surface area contributed by atoms with Crippen LogP contribution in [0.2, 0.25) is 0 Å². The summed E-state index contributed by atoms with van der Waals surface area (Å²) in [5.41, 5.74) is 12.4. The first-order valence-electron chi connectivity index (χ1n) is 10.5. The van der Waals surface area contributed by atoms with E-state index in [9.17, 15) is 4.39 Å². The predicted octanol–water partition coefficient (Wildman–Crippen LogP) is 5.04. The highest BCUT2D eigenvalue weighted by Crippen LogP contribution is 2.28.